The molecule has 0 bridgehead atoms. The molecule has 0 radical (unpaired) electrons. The molecule has 0 saturated heterocycles. The Morgan fingerprint density at radius 1 is 1.25 bits per heavy atom. The number of aryl methyl sites for hydroxylation is 3. The number of aromatic nitrogens is 2. The lowest BCUT2D eigenvalue weighted by molar-refractivity contribution is 0.679. The molecule has 0 fully saturated rings. The lowest BCUT2D eigenvalue weighted by atomic mass is 9.98. The Morgan fingerprint density at radius 2 is 2.10 bits per heavy atom. The summed E-state index contributed by atoms with van der Waals surface area (Å²) in [6.45, 7) is 6.59. The number of benzene rings is 1. The summed E-state index contributed by atoms with van der Waals surface area (Å²) in [5.74, 6) is 0. The van der Waals surface area contributed by atoms with Gasteiger partial charge in [0.05, 0.1) is 11.4 Å². The molecule has 1 atom stereocenters. The van der Waals surface area contributed by atoms with Crippen LogP contribution in [0.5, 0.6) is 0 Å². The molecule has 1 aromatic heterocycles. The third-order valence-electron chi connectivity index (χ3n) is 4.14. The maximum absolute atomic E-state index is 4.73. The molecule has 1 aliphatic rings. The Balaban J connectivity index is 2.00. The topological polar surface area (TPSA) is 29.9 Å². The summed E-state index contributed by atoms with van der Waals surface area (Å²) < 4.78 is 2.11. The van der Waals surface area contributed by atoms with Gasteiger partial charge in [-0.3, -0.25) is 0 Å². The third-order valence-corrected chi connectivity index (χ3v) is 4.14. The van der Waals surface area contributed by atoms with E-state index in [2.05, 4.69) is 55.0 Å². The standard InChI is InChI=1S/C17H23N3/c1-4-14-11-15(5-2)20(19-14)16-8-9-17-13(10-16)7-6-12(3)18-17/h8-12,18H,4-7H2,1-3H3. The van der Waals surface area contributed by atoms with Crippen molar-refractivity contribution in [3.05, 3.63) is 41.2 Å². The first-order valence-corrected chi connectivity index (χ1v) is 7.69. The summed E-state index contributed by atoms with van der Waals surface area (Å²) in [5.41, 5.74) is 6.35. The van der Waals surface area contributed by atoms with E-state index in [1.165, 1.54) is 34.7 Å². The number of hydrogen-bond acceptors (Lipinski definition) is 2. The molecular weight excluding hydrogens is 246 g/mol. The molecule has 20 heavy (non-hydrogen) atoms. The molecule has 0 amide bonds. The van der Waals surface area contributed by atoms with E-state index >= 15 is 0 Å². The molecule has 3 heteroatoms. The summed E-state index contributed by atoms with van der Waals surface area (Å²) in [5, 5.41) is 8.28. The first-order chi connectivity index (χ1) is 9.71. The van der Waals surface area contributed by atoms with E-state index < -0.39 is 0 Å². The highest BCUT2D eigenvalue weighted by Crippen LogP contribution is 2.27. The van der Waals surface area contributed by atoms with Crippen LogP contribution >= 0.6 is 0 Å². The van der Waals surface area contributed by atoms with E-state index in [1.54, 1.807) is 0 Å². The van der Waals surface area contributed by atoms with Crippen molar-refractivity contribution in [1.82, 2.24) is 9.78 Å². The van der Waals surface area contributed by atoms with E-state index in [4.69, 9.17) is 5.10 Å². The summed E-state index contributed by atoms with van der Waals surface area (Å²) in [7, 11) is 0. The van der Waals surface area contributed by atoms with Gasteiger partial charge in [-0.15, -0.1) is 0 Å². The maximum Gasteiger partial charge on any atom is 0.0653 e. The molecule has 2 aromatic rings. The van der Waals surface area contributed by atoms with Crippen LogP contribution in [0.25, 0.3) is 5.69 Å². The monoisotopic (exact) mass is 269 g/mol. The minimum atomic E-state index is 0.580. The van der Waals surface area contributed by atoms with E-state index in [0.717, 1.165) is 19.3 Å². The molecule has 0 saturated carbocycles. The van der Waals surface area contributed by atoms with Crippen LogP contribution in [0.15, 0.2) is 24.3 Å². The lowest BCUT2D eigenvalue weighted by Crippen LogP contribution is -2.22. The van der Waals surface area contributed by atoms with Crippen LogP contribution in [-0.4, -0.2) is 15.8 Å². The van der Waals surface area contributed by atoms with Crippen molar-refractivity contribution in [2.75, 3.05) is 5.32 Å². The van der Waals surface area contributed by atoms with Gasteiger partial charge < -0.3 is 5.32 Å². The van der Waals surface area contributed by atoms with Crippen LogP contribution in [0, 0.1) is 0 Å². The zero-order valence-corrected chi connectivity index (χ0v) is 12.6. The van der Waals surface area contributed by atoms with Crippen molar-refractivity contribution in [3.8, 4) is 5.69 Å². The SMILES string of the molecule is CCc1cc(CC)n(-c2ccc3c(c2)CCC(C)N3)n1. The highest BCUT2D eigenvalue weighted by molar-refractivity contribution is 5.58. The second-order valence-corrected chi connectivity index (χ2v) is 5.67. The Hall–Kier alpha value is -1.77. The largest absolute Gasteiger partial charge is 0.382 e. The van der Waals surface area contributed by atoms with Gasteiger partial charge in [-0.1, -0.05) is 13.8 Å². The average molecular weight is 269 g/mol. The number of anilines is 1. The van der Waals surface area contributed by atoms with Gasteiger partial charge in [-0.25, -0.2) is 4.68 Å². The molecule has 0 spiro atoms. The van der Waals surface area contributed by atoms with E-state index in [1.807, 2.05) is 0 Å². The fourth-order valence-corrected chi connectivity index (χ4v) is 2.89. The highest BCUT2D eigenvalue weighted by Gasteiger charge is 2.15. The van der Waals surface area contributed by atoms with E-state index in [-0.39, 0.29) is 0 Å². The van der Waals surface area contributed by atoms with Crippen molar-refractivity contribution in [3.63, 3.8) is 0 Å². The average Bonchev–Trinajstić information content (AvgIpc) is 2.90. The van der Waals surface area contributed by atoms with Crippen LogP contribution in [0.2, 0.25) is 0 Å². The molecular formula is C17H23N3. The molecule has 1 unspecified atom stereocenters. The molecule has 3 nitrogen and oxygen atoms in total. The van der Waals surface area contributed by atoms with Crippen LogP contribution in [0.3, 0.4) is 0 Å². The molecule has 106 valence electrons. The molecule has 1 N–H and O–H groups in total. The van der Waals surface area contributed by atoms with Gasteiger partial charge in [0, 0.05) is 17.4 Å². The Morgan fingerprint density at radius 3 is 2.85 bits per heavy atom. The first-order valence-electron chi connectivity index (χ1n) is 7.69. The number of nitrogens with one attached hydrogen (secondary N) is 1. The van der Waals surface area contributed by atoms with Gasteiger partial charge in [-0.05, 0) is 62.4 Å². The third kappa shape index (κ3) is 2.33. The van der Waals surface area contributed by atoms with Crippen molar-refractivity contribution in [1.29, 1.82) is 0 Å². The fourth-order valence-electron chi connectivity index (χ4n) is 2.89. The summed E-state index contributed by atoms with van der Waals surface area (Å²) in [6.07, 6.45) is 4.36. The van der Waals surface area contributed by atoms with Crippen LogP contribution in [0.1, 0.15) is 44.1 Å². The van der Waals surface area contributed by atoms with Crippen molar-refractivity contribution in [2.45, 2.75) is 52.5 Å². The van der Waals surface area contributed by atoms with E-state index in [9.17, 15) is 0 Å². The predicted octanol–water partition coefficient (Wildman–Crippen LogP) is 3.74. The number of fused-ring (bicyclic) bond motifs is 1. The maximum atomic E-state index is 4.73. The molecule has 1 aromatic carbocycles. The zero-order valence-electron chi connectivity index (χ0n) is 12.6. The molecule has 2 heterocycles. The van der Waals surface area contributed by atoms with Gasteiger partial charge in [-0.2, -0.15) is 5.10 Å². The molecule has 0 aliphatic carbocycles. The molecule has 3 rings (SSSR count). The quantitative estimate of drug-likeness (QED) is 0.919. The molecule has 1 aliphatic heterocycles. The summed E-state index contributed by atoms with van der Waals surface area (Å²) >= 11 is 0. The smallest absolute Gasteiger partial charge is 0.0653 e. The minimum absolute atomic E-state index is 0.580. The highest BCUT2D eigenvalue weighted by atomic mass is 15.3. The Bertz CT molecular complexity index is 613. The number of hydrogen-bond donors (Lipinski definition) is 1. The van der Waals surface area contributed by atoms with Crippen molar-refractivity contribution >= 4 is 5.69 Å². The number of rotatable bonds is 3. The predicted molar refractivity (Wildman–Crippen MR) is 83.7 cm³/mol. The lowest BCUT2D eigenvalue weighted by Gasteiger charge is -2.24. The Kier molecular flexibility index (Phi) is 3.51. The van der Waals surface area contributed by atoms with Gasteiger partial charge >= 0.3 is 0 Å². The van der Waals surface area contributed by atoms with Gasteiger partial charge in [0.1, 0.15) is 0 Å². The minimum Gasteiger partial charge on any atom is -0.382 e. The second-order valence-electron chi connectivity index (χ2n) is 5.67. The fraction of sp³-hybridized carbons (Fsp3) is 0.471. The normalized spacial score (nSPS) is 17.6. The van der Waals surface area contributed by atoms with Crippen molar-refractivity contribution < 1.29 is 0 Å². The van der Waals surface area contributed by atoms with Gasteiger partial charge in [0.25, 0.3) is 0 Å². The summed E-state index contributed by atoms with van der Waals surface area (Å²) in [6, 6.07) is 9.47. The first kappa shape index (κ1) is 13.2. The van der Waals surface area contributed by atoms with Crippen LogP contribution in [-0.2, 0) is 19.3 Å². The van der Waals surface area contributed by atoms with Gasteiger partial charge in [0.15, 0.2) is 0 Å². The summed E-state index contributed by atoms with van der Waals surface area (Å²) in [4.78, 5) is 0. The Labute approximate surface area is 121 Å². The van der Waals surface area contributed by atoms with Crippen LogP contribution in [0.4, 0.5) is 5.69 Å². The van der Waals surface area contributed by atoms with Crippen molar-refractivity contribution in [2.24, 2.45) is 0 Å². The van der Waals surface area contributed by atoms with E-state index in [0.29, 0.717) is 6.04 Å². The second kappa shape index (κ2) is 5.31. The van der Waals surface area contributed by atoms with Gasteiger partial charge in [0.2, 0.25) is 0 Å². The number of nitrogens with zero attached hydrogens (tertiary/aromatic N) is 2. The van der Waals surface area contributed by atoms with Crippen LogP contribution < -0.4 is 5.32 Å². The zero-order chi connectivity index (χ0) is 14.1.